The first kappa shape index (κ1) is 18.4. The van der Waals surface area contributed by atoms with Gasteiger partial charge in [0.1, 0.15) is 17.3 Å². The lowest BCUT2D eigenvalue weighted by molar-refractivity contribution is 0.0948. The standard InChI is InChI=1S/C23H20N4O2/c1-16-7-12-20(29-16)15-25-23(28)18-8-10-19(11-9-18)26-21-13-14-24-22(27-21)17-5-3-2-4-6-17/h2-14H,15H2,1H3,(H,25,28)(H,24,26,27). The van der Waals surface area contributed by atoms with Gasteiger partial charge in [-0.15, -0.1) is 0 Å². The van der Waals surface area contributed by atoms with E-state index < -0.39 is 0 Å². The van der Waals surface area contributed by atoms with Crippen molar-refractivity contribution in [1.82, 2.24) is 15.3 Å². The molecule has 29 heavy (non-hydrogen) atoms. The molecule has 144 valence electrons. The van der Waals surface area contributed by atoms with Gasteiger partial charge in [0.15, 0.2) is 5.82 Å². The lowest BCUT2D eigenvalue weighted by Crippen LogP contribution is -2.22. The van der Waals surface area contributed by atoms with Crippen LogP contribution in [0.3, 0.4) is 0 Å². The lowest BCUT2D eigenvalue weighted by atomic mass is 10.2. The molecule has 0 aliphatic rings. The third-order valence-corrected chi connectivity index (χ3v) is 4.33. The van der Waals surface area contributed by atoms with Crippen molar-refractivity contribution in [2.24, 2.45) is 0 Å². The van der Waals surface area contributed by atoms with Gasteiger partial charge in [-0.2, -0.15) is 0 Å². The number of amides is 1. The van der Waals surface area contributed by atoms with Crippen molar-refractivity contribution in [3.05, 3.63) is 96.1 Å². The average Bonchev–Trinajstić information content (AvgIpc) is 3.18. The molecule has 2 N–H and O–H groups in total. The number of nitrogens with one attached hydrogen (secondary N) is 2. The largest absolute Gasteiger partial charge is 0.465 e. The van der Waals surface area contributed by atoms with E-state index in [1.807, 2.05) is 61.5 Å². The highest BCUT2D eigenvalue weighted by molar-refractivity contribution is 5.94. The summed E-state index contributed by atoms with van der Waals surface area (Å²) in [4.78, 5) is 21.2. The van der Waals surface area contributed by atoms with E-state index in [0.29, 0.717) is 23.8 Å². The second-order valence-corrected chi connectivity index (χ2v) is 6.53. The van der Waals surface area contributed by atoms with Gasteiger partial charge >= 0.3 is 0 Å². The van der Waals surface area contributed by atoms with E-state index in [2.05, 4.69) is 20.6 Å². The predicted octanol–water partition coefficient (Wildman–Crippen LogP) is 4.72. The molecule has 6 heteroatoms. The van der Waals surface area contributed by atoms with E-state index in [4.69, 9.17) is 4.42 Å². The first-order valence-electron chi connectivity index (χ1n) is 9.26. The number of carbonyl (C=O) groups excluding carboxylic acids is 1. The topological polar surface area (TPSA) is 80.0 Å². The van der Waals surface area contributed by atoms with E-state index in [9.17, 15) is 4.79 Å². The summed E-state index contributed by atoms with van der Waals surface area (Å²) in [6.07, 6.45) is 1.72. The van der Waals surface area contributed by atoms with Crippen molar-refractivity contribution < 1.29 is 9.21 Å². The van der Waals surface area contributed by atoms with E-state index in [1.165, 1.54) is 0 Å². The zero-order valence-electron chi connectivity index (χ0n) is 15.9. The van der Waals surface area contributed by atoms with Crippen LogP contribution in [0.15, 0.2) is 83.4 Å². The molecule has 2 heterocycles. The molecule has 2 aromatic carbocycles. The summed E-state index contributed by atoms with van der Waals surface area (Å²) in [7, 11) is 0. The minimum atomic E-state index is -0.154. The fourth-order valence-corrected chi connectivity index (χ4v) is 2.86. The molecule has 4 rings (SSSR count). The highest BCUT2D eigenvalue weighted by Gasteiger charge is 2.08. The first-order valence-corrected chi connectivity index (χ1v) is 9.26. The summed E-state index contributed by atoms with van der Waals surface area (Å²) >= 11 is 0. The maximum absolute atomic E-state index is 12.3. The zero-order chi connectivity index (χ0) is 20.1. The third kappa shape index (κ3) is 4.68. The molecule has 0 saturated carbocycles. The van der Waals surface area contributed by atoms with Crippen LogP contribution in [0.1, 0.15) is 21.9 Å². The Morgan fingerprint density at radius 2 is 1.76 bits per heavy atom. The molecular weight excluding hydrogens is 364 g/mol. The van der Waals surface area contributed by atoms with Crippen LogP contribution in [0.2, 0.25) is 0 Å². The summed E-state index contributed by atoms with van der Waals surface area (Å²) < 4.78 is 5.46. The minimum Gasteiger partial charge on any atom is -0.465 e. The van der Waals surface area contributed by atoms with Gasteiger partial charge in [-0.05, 0) is 49.4 Å². The van der Waals surface area contributed by atoms with Gasteiger partial charge in [0, 0.05) is 23.0 Å². The van der Waals surface area contributed by atoms with Crippen molar-refractivity contribution in [3.63, 3.8) is 0 Å². The highest BCUT2D eigenvalue weighted by atomic mass is 16.3. The number of aromatic nitrogens is 2. The highest BCUT2D eigenvalue weighted by Crippen LogP contribution is 2.19. The molecule has 0 spiro atoms. The summed E-state index contributed by atoms with van der Waals surface area (Å²) in [6, 6.07) is 22.6. The fourth-order valence-electron chi connectivity index (χ4n) is 2.86. The molecule has 0 bridgehead atoms. The Kier molecular flexibility index (Phi) is 5.33. The van der Waals surface area contributed by atoms with Gasteiger partial charge in [0.25, 0.3) is 5.91 Å². The van der Waals surface area contributed by atoms with E-state index in [0.717, 1.165) is 22.8 Å². The van der Waals surface area contributed by atoms with Gasteiger partial charge < -0.3 is 15.1 Å². The van der Waals surface area contributed by atoms with Gasteiger partial charge in [0.2, 0.25) is 0 Å². The summed E-state index contributed by atoms with van der Waals surface area (Å²) in [5.74, 6) is 2.74. The zero-order valence-corrected chi connectivity index (χ0v) is 15.9. The maximum Gasteiger partial charge on any atom is 0.251 e. The van der Waals surface area contributed by atoms with Crippen LogP contribution >= 0.6 is 0 Å². The molecule has 0 radical (unpaired) electrons. The molecule has 0 aliphatic heterocycles. The number of nitrogens with zero attached hydrogens (tertiary/aromatic N) is 2. The molecular formula is C23H20N4O2. The van der Waals surface area contributed by atoms with E-state index in [-0.39, 0.29) is 5.91 Å². The predicted molar refractivity (Wildman–Crippen MR) is 112 cm³/mol. The monoisotopic (exact) mass is 384 g/mol. The van der Waals surface area contributed by atoms with Crippen LogP contribution in [0.4, 0.5) is 11.5 Å². The number of carbonyl (C=O) groups is 1. The normalized spacial score (nSPS) is 10.5. The molecule has 2 aromatic heterocycles. The molecule has 0 aliphatic carbocycles. The Bertz CT molecular complexity index is 1110. The second kappa shape index (κ2) is 8.39. The quantitative estimate of drug-likeness (QED) is 0.503. The molecule has 0 unspecified atom stereocenters. The average molecular weight is 384 g/mol. The number of rotatable bonds is 6. The van der Waals surface area contributed by atoms with Gasteiger partial charge in [-0.3, -0.25) is 4.79 Å². The van der Waals surface area contributed by atoms with Crippen molar-refractivity contribution in [2.45, 2.75) is 13.5 Å². The van der Waals surface area contributed by atoms with Gasteiger partial charge in [0.05, 0.1) is 6.54 Å². The Morgan fingerprint density at radius 3 is 2.48 bits per heavy atom. The minimum absolute atomic E-state index is 0.154. The Morgan fingerprint density at radius 1 is 0.966 bits per heavy atom. The van der Waals surface area contributed by atoms with E-state index in [1.54, 1.807) is 24.4 Å². The SMILES string of the molecule is Cc1ccc(CNC(=O)c2ccc(Nc3ccnc(-c4ccccc4)n3)cc2)o1. The van der Waals surface area contributed by atoms with Crippen LogP contribution in [-0.4, -0.2) is 15.9 Å². The molecule has 1 amide bonds. The number of hydrogen-bond acceptors (Lipinski definition) is 5. The Hall–Kier alpha value is -3.93. The number of aryl methyl sites for hydroxylation is 1. The van der Waals surface area contributed by atoms with Crippen LogP contribution in [0.25, 0.3) is 11.4 Å². The van der Waals surface area contributed by atoms with Gasteiger partial charge in [-0.25, -0.2) is 9.97 Å². The molecule has 0 atom stereocenters. The smallest absolute Gasteiger partial charge is 0.251 e. The first-order chi connectivity index (χ1) is 14.2. The van der Waals surface area contributed by atoms with E-state index >= 15 is 0 Å². The summed E-state index contributed by atoms with van der Waals surface area (Å²) in [5.41, 5.74) is 2.36. The lowest BCUT2D eigenvalue weighted by Gasteiger charge is -2.08. The Balaban J connectivity index is 1.40. The van der Waals surface area contributed by atoms with Crippen molar-refractivity contribution in [2.75, 3.05) is 5.32 Å². The maximum atomic E-state index is 12.3. The second-order valence-electron chi connectivity index (χ2n) is 6.53. The summed E-state index contributed by atoms with van der Waals surface area (Å²) in [6.45, 7) is 2.23. The number of anilines is 2. The van der Waals surface area contributed by atoms with Crippen LogP contribution in [0.5, 0.6) is 0 Å². The van der Waals surface area contributed by atoms with Gasteiger partial charge in [-0.1, -0.05) is 30.3 Å². The number of furan rings is 1. The van der Waals surface area contributed by atoms with Crippen molar-refractivity contribution >= 4 is 17.4 Å². The summed E-state index contributed by atoms with van der Waals surface area (Å²) in [5, 5.41) is 6.09. The van der Waals surface area contributed by atoms with Crippen molar-refractivity contribution in [3.8, 4) is 11.4 Å². The third-order valence-electron chi connectivity index (χ3n) is 4.33. The van der Waals surface area contributed by atoms with Crippen LogP contribution in [0, 0.1) is 6.92 Å². The number of benzene rings is 2. The molecule has 0 fully saturated rings. The van der Waals surface area contributed by atoms with Crippen LogP contribution < -0.4 is 10.6 Å². The molecule has 4 aromatic rings. The Labute approximate surface area is 168 Å². The van der Waals surface area contributed by atoms with Crippen molar-refractivity contribution in [1.29, 1.82) is 0 Å². The van der Waals surface area contributed by atoms with Crippen LogP contribution in [-0.2, 0) is 6.54 Å². The molecule has 0 saturated heterocycles. The molecule has 6 nitrogen and oxygen atoms in total. The fraction of sp³-hybridized carbons (Fsp3) is 0.0870. The number of hydrogen-bond donors (Lipinski definition) is 2.